The Hall–Kier alpha value is -5.21. The van der Waals surface area contributed by atoms with Crippen LogP contribution in [0.3, 0.4) is 0 Å². The Bertz CT molecular complexity index is 2040. The third kappa shape index (κ3) is 3.99. The summed E-state index contributed by atoms with van der Waals surface area (Å²) in [6.07, 6.45) is 0. The number of benzene rings is 5. The molecule has 8 heteroatoms. The fourth-order valence-electron chi connectivity index (χ4n) is 7.69. The number of hydrogen-bond acceptors (Lipinski definition) is 8. The van der Waals surface area contributed by atoms with E-state index >= 15 is 0 Å². The van der Waals surface area contributed by atoms with Crippen molar-refractivity contribution in [1.82, 2.24) is 0 Å². The average Bonchev–Trinajstić information content (AvgIpc) is 3.09. The number of hydrogen-bond donors (Lipinski definition) is 0. The Morgan fingerprint density at radius 2 is 1.24 bits per heavy atom. The molecule has 232 valence electrons. The molecular weight excluding hydrogens is 580 g/mol. The van der Waals surface area contributed by atoms with Gasteiger partial charge >= 0.3 is 11.9 Å². The molecule has 0 aromatic heterocycles. The molecule has 1 aliphatic heterocycles. The van der Waals surface area contributed by atoms with E-state index in [-0.39, 0.29) is 13.2 Å². The van der Waals surface area contributed by atoms with Crippen molar-refractivity contribution in [3.8, 4) is 11.1 Å². The molecule has 5 aromatic carbocycles. The van der Waals surface area contributed by atoms with Gasteiger partial charge in [-0.3, -0.25) is 14.4 Å². The van der Waals surface area contributed by atoms with Crippen LogP contribution in [-0.4, -0.2) is 45.1 Å². The van der Waals surface area contributed by atoms with Crippen LogP contribution < -0.4 is 5.06 Å². The summed E-state index contributed by atoms with van der Waals surface area (Å²) in [7, 11) is 3.05. The number of rotatable bonds is 6. The lowest BCUT2D eigenvalue weighted by atomic mass is 9.58. The first-order chi connectivity index (χ1) is 22.5. The van der Waals surface area contributed by atoms with Gasteiger partial charge in [0.25, 0.3) is 0 Å². The van der Waals surface area contributed by atoms with E-state index in [0.29, 0.717) is 17.0 Å². The summed E-state index contributed by atoms with van der Waals surface area (Å²) >= 11 is 0. The number of anilines is 1. The van der Waals surface area contributed by atoms with E-state index in [1.165, 1.54) is 7.11 Å². The van der Waals surface area contributed by atoms with Gasteiger partial charge in [0.2, 0.25) is 0 Å². The molecule has 0 N–H and O–H groups in total. The summed E-state index contributed by atoms with van der Waals surface area (Å²) in [5.74, 6) is -3.42. The summed E-state index contributed by atoms with van der Waals surface area (Å²) < 4.78 is 11.7. The highest BCUT2D eigenvalue weighted by molar-refractivity contribution is 6.23. The minimum atomic E-state index is -1.53. The molecule has 1 spiro atoms. The molecule has 0 saturated carbocycles. The molecule has 3 atom stereocenters. The van der Waals surface area contributed by atoms with Crippen molar-refractivity contribution in [2.24, 2.45) is 11.1 Å². The molecule has 1 aliphatic carbocycles. The van der Waals surface area contributed by atoms with Crippen LogP contribution in [0.15, 0.2) is 102 Å². The third-order valence-electron chi connectivity index (χ3n) is 9.18. The van der Waals surface area contributed by atoms with Crippen molar-refractivity contribution in [2.75, 3.05) is 32.5 Å². The van der Waals surface area contributed by atoms with Crippen molar-refractivity contribution in [2.45, 2.75) is 25.3 Å². The van der Waals surface area contributed by atoms with Crippen LogP contribution in [0.5, 0.6) is 0 Å². The molecule has 0 amide bonds. The fraction of sp³-hybridized carbons (Fsp3) is 0.237. The van der Waals surface area contributed by atoms with Crippen LogP contribution in [0.2, 0.25) is 0 Å². The second-order valence-corrected chi connectivity index (χ2v) is 11.3. The summed E-state index contributed by atoms with van der Waals surface area (Å²) in [5, 5.41) is 10.0. The normalized spacial score (nSPS) is 20.7. The topological polar surface area (TPSA) is 86.7 Å². The number of carbonyl (C=O) groups excluding carboxylic acids is 2. The molecule has 8 nitrogen and oxygen atoms in total. The van der Waals surface area contributed by atoms with Crippen LogP contribution in [-0.2, 0) is 34.3 Å². The van der Waals surface area contributed by atoms with E-state index in [4.69, 9.17) is 19.1 Å². The van der Waals surface area contributed by atoms with Crippen molar-refractivity contribution in [1.29, 1.82) is 0 Å². The second-order valence-electron chi connectivity index (χ2n) is 11.3. The Balaban J connectivity index is 1.75. The SMILES string of the molecule is CCOC(=O)C1c2c(c3ccccc3c3ccccc23)N(OC)C2(/C(=N/OC)c3ccccc3-c3ccccc32)C1C(=O)OCC. The van der Waals surface area contributed by atoms with Gasteiger partial charge in [-0.15, -0.1) is 0 Å². The van der Waals surface area contributed by atoms with Gasteiger partial charge in [0, 0.05) is 16.5 Å². The van der Waals surface area contributed by atoms with Crippen LogP contribution in [0.4, 0.5) is 5.69 Å². The minimum absolute atomic E-state index is 0.105. The van der Waals surface area contributed by atoms with Crippen LogP contribution >= 0.6 is 0 Å². The summed E-state index contributed by atoms with van der Waals surface area (Å²) in [6.45, 7) is 3.76. The quantitative estimate of drug-likeness (QED) is 0.114. The number of nitrogens with zero attached hydrogens (tertiary/aromatic N) is 2. The monoisotopic (exact) mass is 614 g/mol. The van der Waals surface area contributed by atoms with Crippen molar-refractivity contribution in [3.63, 3.8) is 0 Å². The zero-order valence-electron chi connectivity index (χ0n) is 26.2. The summed E-state index contributed by atoms with van der Waals surface area (Å²) in [6, 6.07) is 31.7. The molecule has 2 aliphatic rings. The predicted molar refractivity (Wildman–Crippen MR) is 178 cm³/mol. The summed E-state index contributed by atoms with van der Waals surface area (Å²) in [5.41, 5.74) is 3.43. The van der Waals surface area contributed by atoms with E-state index in [0.717, 1.165) is 43.8 Å². The van der Waals surface area contributed by atoms with Crippen LogP contribution in [0.1, 0.15) is 36.5 Å². The molecule has 0 saturated heterocycles. The van der Waals surface area contributed by atoms with E-state index in [1.807, 2.05) is 91.0 Å². The van der Waals surface area contributed by atoms with Gasteiger partial charge in [0.15, 0.2) is 5.54 Å². The van der Waals surface area contributed by atoms with E-state index < -0.39 is 29.3 Å². The van der Waals surface area contributed by atoms with Crippen molar-refractivity contribution >= 4 is 44.9 Å². The zero-order valence-corrected chi connectivity index (χ0v) is 26.2. The lowest BCUT2D eigenvalue weighted by Gasteiger charge is -2.55. The number of esters is 2. The number of hydroxylamine groups is 1. The average molecular weight is 615 g/mol. The van der Waals surface area contributed by atoms with Crippen molar-refractivity contribution < 1.29 is 28.7 Å². The minimum Gasteiger partial charge on any atom is -0.466 e. The summed E-state index contributed by atoms with van der Waals surface area (Å²) in [4.78, 5) is 41.4. The second kappa shape index (κ2) is 11.6. The van der Waals surface area contributed by atoms with Gasteiger partial charge in [-0.05, 0) is 46.7 Å². The van der Waals surface area contributed by atoms with Crippen LogP contribution in [0.25, 0.3) is 32.7 Å². The highest BCUT2D eigenvalue weighted by Gasteiger charge is 2.66. The highest BCUT2D eigenvalue weighted by Crippen LogP contribution is 2.61. The largest absolute Gasteiger partial charge is 0.466 e. The van der Waals surface area contributed by atoms with Gasteiger partial charge in [-0.2, -0.15) is 0 Å². The van der Waals surface area contributed by atoms with Gasteiger partial charge in [-0.1, -0.05) is 102 Å². The molecule has 0 bridgehead atoms. The first-order valence-electron chi connectivity index (χ1n) is 15.5. The number of oxime groups is 1. The van der Waals surface area contributed by atoms with E-state index in [1.54, 1.807) is 26.0 Å². The van der Waals surface area contributed by atoms with Crippen LogP contribution in [0, 0.1) is 5.92 Å². The van der Waals surface area contributed by atoms with Crippen molar-refractivity contribution in [3.05, 3.63) is 114 Å². The zero-order chi connectivity index (χ0) is 32.0. The maximum atomic E-state index is 14.7. The Morgan fingerprint density at radius 1 is 0.696 bits per heavy atom. The third-order valence-corrected chi connectivity index (χ3v) is 9.18. The number of carbonyl (C=O) groups is 2. The standard InChI is InChI=1S/C38H34N2O6/c1-5-45-36(41)32-31-27-19-10-7-15-23(27)24-16-8-11-20-28(24)34(31)40(44-4)38(33(32)37(42)46-6-2)30-22-14-13-18-26(30)25-17-9-12-21-29(25)35(38)39-43-3/h7-22,32-33H,5-6H2,1-4H3/b39-35+. The highest BCUT2D eigenvalue weighted by atomic mass is 16.7. The lowest BCUT2D eigenvalue weighted by Crippen LogP contribution is -2.65. The fourth-order valence-corrected chi connectivity index (χ4v) is 7.69. The smallest absolute Gasteiger partial charge is 0.314 e. The molecule has 46 heavy (non-hydrogen) atoms. The molecule has 3 unspecified atom stereocenters. The maximum Gasteiger partial charge on any atom is 0.314 e. The number of fused-ring (bicyclic) bond motifs is 10. The first-order valence-corrected chi connectivity index (χ1v) is 15.5. The molecule has 0 radical (unpaired) electrons. The molecular formula is C38H34N2O6. The van der Waals surface area contributed by atoms with Gasteiger partial charge in [0.1, 0.15) is 24.7 Å². The molecule has 1 heterocycles. The van der Waals surface area contributed by atoms with Gasteiger partial charge in [-0.25, -0.2) is 5.06 Å². The Kier molecular flexibility index (Phi) is 7.45. The molecule has 7 rings (SSSR count). The number of ether oxygens (including phenoxy) is 2. The lowest BCUT2D eigenvalue weighted by molar-refractivity contribution is -0.160. The molecule has 0 fully saturated rings. The predicted octanol–water partition coefficient (Wildman–Crippen LogP) is 7.13. The van der Waals surface area contributed by atoms with E-state index in [9.17, 15) is 9.59 Å². The molecule has 5 aromatic rings. The Morgan fingerprint density at radius 3 is 1.89 bits per heavy atom. The van der Waals surface area contributed by atoms with E-state index in [2.05, 4.69) is 11.2 Å². The van der Waals surface area contributed by atoms with Gasteiger partial charge in [0.05, 0.1) is 26.0 Å². The van der Waals surface area contributed by atoms with Gasteiger partial charge < -0.3 is 14.3 Å². The first kappa shape index (κ1) is 29.5. The maximum absolute atomic E-state index is 14.7. The Labute approximate surface area is 267 Å².